The van der Waals surface area contributed by atoms with Gasteiger partial charge in [0.2, 0.25) is 5.91 Å². The van der Waals surface area contributed by atoms with E-state index in [1.165, 1.54) is 19.2 Å². The Hall–Kier alpha value is -2.31. The van der Waals surface area contributed by atoms with E-state index in [2.05, 4.69) is 4.98 Å². The van der Waals surface area contributed by atoms with Crippen molar-refractivity contribution < 1.29 is 22.7 Å². The molecule has 0 aliphatic carbocycles. The number of primary amides is 1. The lowest BCUT2D eigenvalue weighted by molar-refractivity contribution is -0.140. The van der Waals surface area contributed by atoms with Crippen LogP contribution in [0, 0.1) is 0 Å². The van der Waals surface area contributed by atoms with Gasteiger partial charge in [-0.2, -0.15) is 13.2 Å². The molecule has 0 saturated carbocycles. The fraction of sp³-hybridized carbons (Fsp3) is 0.167. The van der Waals surface area contributed by atoms with Crippen molar-refractivity contribution in [1.29, 1.82) is 0 Å². The minimum absolute atomic E-state index is 0.0476. The van der Waals surface area contributed by atoms with Crippen LogP contribution in [-0.4, -0.2) is 18.0 Å². The summed E-state index contributed by atoms with van der Waals surface area (Å²) in [6.45, 7) is 0. The Morgan fingerprint density at radius 2 is 1.95 bits per heavy atom. The smallest absolute Gasteiger partial charge is 0.433 e. The molecule has 7 heteroatoms. The first kappa shape index (κ1) is 13.1. The minimum Gasteiger partial charge on any atom is -0.494 e. The topological polar surface area (TPSA) is 65.2 Å². The second-order valence-corrected chi connectivity index (χ2v) is 3.77. The zero-order chi connectivity index (χ0) is 14.2. The predicted molar refractivity (Wildman–Crippen MR) is 61.8 cm³/mol. The molecule has 2 rings (SSSR count). The largest absolute Gasteiger partial charge is 0.494 e. The third-order valence-corrected chi connectivity index (χ3v) is 2.60. The van der Waals surface area contributed by atoms with E-state index >= 15 is 0 Å². The van der Waals surface area contributed by atoms with Gasteiger partial charge in [0.05, 0.1) is 7.11 Å². The van der Waals surface area contributed by atoms with Crippen LogP contribution in [-0.2, 0) is 6.18 Å². The molecule has 1 aromatic heterocycles. The summed E-state index contributed by atoms with van der Waals surface area (Å²) in [4.78, 5) is 14.7. The molecule has 0 atom stereocenters. The monoisotopic (exact) mass is 270 g/mol. The first-order chi connectivity index (χ1) is 8.84. The molecule has 4 nitrogen and oxygen atoms in total. The summed E-state index contributed by atoms with van der Waals surface area (Å²) in [7, 11) is 1.31. The van der Waals surface area contributed by atoms with Crippen LogP contribution in [0.3, 0.4) is 0 Å². The van der Waals surface area contributed by atoms with Gasteiger partial charge in [0, 0.05) is 10.9 Å². The molecule has 0 fully saturated rings. The number of aromatic nitrogens is 1. The van der Waals surface area contributed by atoms with Crippen LogP contribution < -0.4 is 10.5 Å². The number of amides is 1. The number of pyridine rings is 1. The van der Waals surface area contributed by atoms with Crippen molar-refractivity contribution in [3.05, 3.63) is 35.5 Å². The van der Waals surface area contributed by atoms with E-state index < -0.39 is 17.8 Å². The van der Waals surface area contributed by atoms with Gasteiger partial charge >= 0.3 is 6.18 Å². The number of hydrogen-bond donors (Lipinski definition) is 1. The average molecular weight is 270 g/mol. The van der Waals surface area contributed by atoms with Crippen LogP contribution in [0.15, 0.2) is 24.3 Å². The predicted octanol–water partition coefficient (Wildman–Crippen LogP) is 2.36. The Morgan fingerprint density at radius 1 is 1.26 bits per heavy atom. The molecule has 0 aliphatic rings. The fourth-order valence-corrected chi connectivity index (χ4v) is 1.73. The quantitative estimate of drug-likeness (QED) is 0.911. The summed E-state index contributed by atoms with van der Waals surface area (Å²) < 4.78 is 42.8. The van der Waals surface area contributed by atoms with E-state index in [-0.39, 0.29) is 22.2 Å². The highest BCUT2D eigenvalue weighted by atomic mass is 19.4. The second-order valence-electron chi connectivity index (χ2n) is 3.77. The van der Waals surface area contributed by atoms with E-state index in [1.807, 2.05) is 0 Å². The van der Waals surface area contributed by atoms with Crippen molar-refractivity contribution in [2.24, 2.45) is 5.73 Å². The van der Waals surface area contributed by atoms with Crippen molar-refractivity contribution in [2.75, 3.05) is 7.11 Å². The summed E-state index contributed by atoms with van der Waals surface area (Å²) in [5.74, 6) is -0.597. The lowest BCUT2D eigenvalue weighted by Crippen LogP contribution is -2.13. The Kier molecular flexibility index (Phi) is 3.05. The zero-order valence-electron chi connectivity index (χ0n) is 9.78. The Bertz CT molecular complexity index is 653. The van der Waals surface area contributed by atoms with Crippen LogP contribution in [0.25, 0.3) is 10.9 Å². The molecule has 0 unspecified atom stereocenters. The third kappa shape index (κ3) is 2.31. The number of nitrogens with zero attached hydrogens (tertiary/aromatic N) is 1. The molecule has 1 aromatic carbocycles. The summed E-state index contributed by atoms with van der Waals surface area (Å²) in [6, 6.07) is 4.70. The molecule has 19 heavy (non-hydrogen) atoms. The van der Waals surface area contributed by atoms with Gasteiger partial charge in [-0.25, -0.2) is 4.98 Å². The Labute approximate surface area is 106 Å². The van der Waals surface area contributed by atoms with Crippen LogP contribution >= 0.6 is 0 Å². The van der Waals surface area contributed by atoms with Gasteiger partial charge in [-0.1, -0.05) is 0 Å². The van der Waals surface area contributed by atoms with Gasteiger partial charge in [-0.15, -0.1) is 0 Å². The third-order valence-electron chi connectivity index (χ3n) is 2.60. The van der Waals surface area contributed by atoms with Gasteiger partial charge in [-0.05, 0) is 24.3 Å². The van der Waals surface area contributed by atoms with Crippen LogP contribution in [0.4, 0.5) is 13.2 Å². The highest BCUT2D eigenvalue weighted by Crippen LogP contribution is 2.32. The highest BCUT2D eigenvalue weighted by molar-refractivity contribution is 6.06. The van der Waals surface area contributed by atoms with Gasteiger partial charge in [0.15, 0.2) is 0 Å². The van der Waals surface area contributed by atoms with Gasteiger partial charge < -0.3 is 10.5 Å². The molecule has 0 saturated heterocycles. The summed E-state index contributed by atoms with van der Waals surface area (Å²) in [5, 5.41) is 0.222. The fourth-order valence-electron chi connectivity index (χ4n) is 1.73. The number of hydrogen-bond acceptors (Lipinski definition) is 3. The molecule has 2 aromatic rings. The summed E-state index contributed by atoms with van der Waals surface area (Å²) in [5.41, 5.74) is 4.16. The molecule has 0 aliphatic heterocycles. The first-order valence-electron chi connectivity index (χ1n) is 5.19. The second kappa shape index (κ2) is 4.42. The number of methoxy groups -OCH3 is 1. The molecule has 1 amide bonds. The van der Waals surface area contributed by atoms with Crippen LogP contribution in [0.5, 0.6) is 5.75 Å². The van der Waals surface area contributed by atoms with Crippen LogP contribution in [0.2, 0.25) is 0 Å². The van der Waals surface area contributed by atoms with Crippen molar-refractivity contribution in [3.8, 4) is 5.75 Å². The molecule has 1 heterocycles. The van der Waals surface area contributed by atoms with Crippen molar-refractivity contribution in [1.82, 2.24) is 4.98 Å². The summed E-state index contributed by atoms with van der Waals surface area (Å²) in [6.07, 6.45) is -4.57. The first-order valence-corrected chi connectivity index (χ1v) is 5.19. The summed E-state index contributed by atoms with van der Waals surface area (Å²) >= 11 is 0. The molecule has 100 valence electrons. The van der Waals surface area contributed by atoms with Crippen molar-refractivity contribution in [2.45, 2.75) is 6.18 Å². The van der Waals surface area contributed by atoms with Gasteiger partial charge in [-0.3, -0.25) is 4.79 Å². The van der Waals surface area contributed by atoms with E-state index in [0.29, 0.717) is 0 Å². The number of nitrogens with two attached hydrogens (primary N) is 1. The molecule has 0 bridgehead atoms. The number of alkyl halides is 3. The van der Waals surface area contributed by atoms with Gasteiger partial charge in [0.25, 0.3) is 0 Å². The number of benzene rings is 1. The zero-order valence-corrected chi connectivity index (χ0v) is 9.78. The highest BCUT2D eigenvalue weighted by Gasteiger charge is 2.33. The van der Waals surface area contributed by atoms with Crippen molar-refractivity contribution in [3.63, 3.8) is 0 Å². The maximum Gasteiger partial charge on any atom is 0.433 e. The number of fused-ring (bicyclic) bond motifs is 1. The van der Waals surface area contributed by atoms with E-state index in [4.69, 9.17) is 10.5 Å². The number of carbonyl (C=O) groups excluding carboxylic acids is 1. The van der Waals surface area contributed by atoms with E-state index in [0.717, 1.165) is 12.1 Å². The molecule has 2 N–H and O–H groups in total. The SMILES string of the molecule is COc1ccc(C(N)=O)c2ccc(C(F)(F)F)nc12. The number of rotatable bonds is 2. The van der Waals surface area contributed by atoms with E-state index in [9.17, 15) is 18.0 Å². The minimum atomic E-state index is -4.57. The molecule has 0 spiro atoms. The molecule has 0 radical (unpaired) electrons. The number of carbonyl (C=O) groups is 1. The Morgan fingerprint density at radius 3 is 2.47 bits per heavy atom. The van der Waals surface area contributed by atoms with Gasteiger partial charge in [0.1, 0.15) is 17.0 Å². The van der Waals surface area contributed by atoms with Crippen molar-refractivity contribution >= 4 is 16.8 Å². The average Bonchev–Trinajstić information content (AvgIpc) is 2.35. The normalized spacial score (nSPS) is 11.6. The number of ether oxygens (including phenoxy) is 1. The lowest BCUT2D eigenvalue weighted by Gasteiger charge is -2.11. The standard InChI is InChI=1S/C12H9F3N2O2/c1-19-8-4-2-7(11(16)18)6-3-5-9(12(13,14)15)17-10(6)8/h2-5H,1H3,(H2,16,18). The maximum atomic E-state index is 12.6. The molecular weight excluding hydrogens is 261 g/mol. The lowest BCUT2D eigenvalue weighted by atomic mass is 10.1. The van der Waals surface area contributed by atoms with E-state index in [1.54, 1.807) is 0 Å². The number of halogens is 3. The molecular formula is C12H9F3N2O2. The Balaban J connectivity index is 2.80. The van der Waals surface area contributed by atoms with Crippen LogP contribution in [0.1, 0.15) is 16.1 Å². The maximum absolute atomic E-state index is 12.6.